The van der Waals surface area contributed by atoms with Gasteiger partial charge in [-0.25, -0.2) is 4.98 Å². The number of allylic oxidation sites excluding steroid dienone is 2. The van der Waals surface area contributed by atoms with Crippen LogP contribution >= 0.6 is 11.6 Å². The van der Waals surface area contributed by atoms with Gasteiger partial charge in [0, 0.05) is 5.92 Å². The van der Waals surface area contributed by atoms with Crippen LogP contribution in [0.3, 0.4) is 0 Å². The van der Waals surface area contributed by atoms with E-state index in [0.29, 0.717) is 5.15 Å². The summed E-state index contributed by atoms with van der Waals surface area (Å²) in [6.07, 6.45) is 5.73. The molecular weight excluding hydrogens is 224 g/mol. The lowest BCUT2D eigenvalue weighted by atomic mass is 10.1. The first-order valence-corrected chi connectivity index (χ1v) is 5.63. The fourth-order valence-corrected chi connectivity index (χ4v) is 1.92. The van der Waals surface area contributed by atoms with E-state index in [1.807, 2.05) is 19.1 Å². The van der Waals surface area contributed by atoms with Gasteiger partial charge in [0.2, 0.25) is 5.91 Å². The van der Waals surface area contributed by atoms with E-state index in [1.165, 1.54) is 0 Å². The summed E-state index contributed by atoms with van der Waals surface area (Å²) in [6.45, 7) is 1.83. The molecule has 1 aliphatic rings. The van der Waals surface area contributed by atoms with Crippen LogP contribution in [-0.2, 0) is 4.79 Å². The van der Waals surface area contributed by atoms with E-state index < -0.39 is 0 Å². The first kappa shape index (κ1) is 11.1. The van der Waals surface area contributed by atoms with E-state index in [2.05, 4.69) is 10.3 Å². The largest absolute Gasteiger partial charge is 0.324 e. The monoisotopic (exact) mass is 236 g/mol. The van der Waals surface area contributed by atoms with Crippen molar-refractivity contribution < 1.29 is 4.79 Å². The highest BCUT2D eigenvalue weighted by Gasteiger charge is 2.19. The molecule has 0 saturated heterocycles. The van der Waals surface area contributed by atoms with Gasteiger partial charge in [-0.1, -0.05) is 23.8 Å². The van der Waals surface area contributed by atoms with Crippen molar-refractivity contribution in [2.24, 2.45) is 5.92 Å². The van der Waals surface area contributed by atoms with Crippen LogP contribution in [-0.4, -0.2) is 10.9 Å². The minimum Gasteiger partial charge on any atom is -0.324 e. The molecule has 0 unspecified atom stereocenters. The quantitative estimate of drug-likeness (QED) is 0.634. The molecule has 0 atom stereocenters. The van der Waals surface area contributed by atoms with Gasteiger partial charge in [-0.15, -0.1) is 0 Å². The summed E-state index contributed by atoms with van der Waals surface area (Å²) in [5.74, 6) is 0.118. The number of hydrogen-bond acceptors (Lipinski definition) is 2. The van der Waals surface area contributed by atoms with Crippen LogP contribution < -0.4 is 5.32 Å². The molecule has 1 aromatic heterocycles. The molecule has 4 heteroatoms. The molecule has 1 N–H and O–H groups in total. The van der Waals surface area contributed by atoms with Gasteiger partial charge >= 0.3 is 0 Å². The van der Waals surface area contributed by atoms with Crippen LogP contribution in [0, 0.1) is 12.8 Å². The number of nitrogens with one attached hydrogen (secondary N) is 1. The molecule has 0 aromatic carbocycles. The third-order valence-electron chi connectivity index (χ3n) is 2.69. The molecule has 84 valence electrons. The Bertz CT molecular complexity index is 435. The first-order valence-electron chi connectivity index (χ1n) is 5.26. The van der Waals surface area contributed by atoms with E-state index in [9.17, 15) is 4.79 Å². The van der Waals surface area contributed by atoms with Crippen molar-refractivity contribution in [2.45, 2.75) is 19.8 Å². The van der Waals surface area contributed by atoms with Gasteiger partial charge in [-0.3, -0.25) is 4.79 Å². The van der Waals surface area contributed by atoms with Crippen LogP contribution in [0.25, 0.3) is 0 Å². The van der Waals surface area contributed by atoms with Crippen molar-refractivity contribution in [2.75, 3.05) is 5.32 Å². The number of nitrogens with zero attached hydrogens (tertiary/aromatic N) is 1. The van der Waals surface area contributed by atoms with Crippen LogP contribution in [0.15, 0.2) is 24.3 Å². The predicted octanol–water partition coefficient (Wildman–Crippen LogP) is 2.95. The maximum atomic E-state index is 11.8. The van der Waals surface area contributed by atoms with E-state index in [0.717, 1.165) is 24.2 Å². The molecule has 0 spiro atoms. The summed E-state index contributed by atoms with van der Waals surface area (Å²) < 4.78 is 0. The maximum Gasteiger partial charge on any atom is 0.228 e. The molecule has 2 rings (SSSR count). The van der Waals surface area contributed by atoms with Gasteiger partial charge in [0.1, 0.15) is 5.15 Å². The molecule has 1 aliphatic carbocycles. The number of halogens is 1. The van der Waals surface area contributed by atoms with Gasteiger partial charge in [0.25, 0.3) is 0 Å². The molecule has 0 bridgehead atoms. The highest BCUT2D eigenvalue weighted by atomic mass is 35.5. The normalized spacial score (nSPS) is 15.4. The van der Waals surface area contributed by atoms with Crippen molar-refractivity contribution in [3.8, 4) is 0 Å². The minimum atomic E-state index is 0.0530. The predicted molar refractivity (Wildman–Crippen MR) is 64.5 cm³/mol. The summed E-state index contributed by atoms with van der Waals surface area (Å²) in [7, 11) is 0. The molecule has 0 radical (unpaired) electrons. The Morgan fingerprint density at radius 2 is 2.12 bits per heavy atom. The summed E-state index contributed by atoms with van der Waals surface area (Å²) >= 11 is 5.75. The van der Waals surface area contributed by atoms with Crippen LogP contribution in [0.5, 0.6) is 0 Å². The molecular formula is C12H13ClN2O. The Labute approximate surface area is 99.5 Å². The van der Waals surface area contributed by atoms with E-state index in [-0.39, 0.29) is 11.8 Å². The lowest BCUT2D eigenvalue weighted by molar-refractivity contribution is -0.119. The van der Waals surface area contributed by atoms with Crippen molar-refractivity contribution in [3.63, 3.8) is 0 Å². The lowest BCUT2D eigenvalue weighted by Gasteiger charge is -2.11. The number of hydrogen-bond donors (Lipinski definition) is 1. The summed E-state index contributed by atoms with van der Waals surface area (Å²) in [5, 5.41) is 3.32. The molecule has 1 amide bonds. The number of rotatable bonds is 2. The van der Waals surface area contributed by atoms with Crippen molar-refractivity contribution in [1.29, 1.82) is 0 Å². The van der Waals surface area contributed by atoms with Crippen LogP contribution in [0.2, 0.25) is 5.15 Å². The highest BCUT2D eigenvalue weighted by molar-refractivity contribution is 6.29. The molecule has 3 nitrogen and oxygen atoms in total. The molecule has 16 heavy (non-hydrogen) atoms. The minimum absolute atomic E-state index is 0.0530. The Morgan fingerprint density at radius 3 is 2.75 bits per heavy atom. The molecule has 0 saturated carbocycles. The fraction of sp³-hybridized carbons (Fsp3) is 0.333. The second kappa shape index (κ2) is 4.66. The fourth-order valence-electron chi connectivity index (χ4n) is 1.73. The number of aromatic nitrogens is 1. The SMILES string of the molecule is Cc1nc(Cl)ccc1NC(=O)C1CC=CC1. The zero-order valence-electron chi connectivity index (χ0n) is 9.03. The average molecular weight is 237 g/mol. The van der Waals surface area contributed by atoms with E-state index in [1.54, 1.807) is 12.1 Å². The van der Waals surface area contributed by atoms with Crippen molar-refractivity contribution >= 4 is 23.2 Å². The number of pyridine rings is 1. The van der Waals surface area contributed by atoms with E-state index in [4.69, 9.17) is 11.6 Å². The lowest BCUT2D eigenvalue weighted by Crippen LogP contribution is -2.21. The Hall–Kier alpha value is -1.35. The van der Waals surface area contributed by atoms with Gasteiger partial charge in [0.15, 0.2) is 0 Å². The van der Waals surface area contributed by atoms with Gasteiger partial charge < -0.3 is 5.32 Å². The van der Waals surface area contributed by atoms with E-state index >= 15 is 0 Å². The number of carbonyl (C=O) groups is 1. The third kappa shape index (κ3) is 2.42. The summed E-state index contributed by atoms with van der Waals surface area (Å²) in [5.41, 5.74) is 1.48. The highest BCUT2D eigenvalue weighted by Crippen LogP contribution is 2.21. The van der Waals surface area contributed by atoms with Crippen molar-refractivity contribution in [3.05, 3.63) is 35.1 Å². The molecule has 0 aliphatic heterocycles. The van der Waals surface area contributed by atoms with Crippen LogP contribution in [0.1, 0.15) is 18.5 Å². The molecule has 1 aromatic rings. The third-order valence-corrected chi connectivity index (χ3v) is 2.90. The topological polar surface area (TPSA) is 42.0 Å². The number of anilines is 1. The first-order chi connectivity index (χ1) is 7.66. The summed E-state index contributed by atoms with van der Waals surface area (Å²) in [6, 6.07) is 3.46. The maximum absolute atomic E-state index is 11.8. The molecule has 1 heterocycles. The Kier molecular flexibility index (Phi) is 3.25. The van der Waals surface area contributed by atoms with Crippen LogP contribution in [0.4, 0.5) is 5.69 Å². The molecule has 0 fully saturated rings. The second-order valence-electron chi connectivity index (χ2n) is 3.90. The average Bonchev–Trinajstić information content (AvgIpc) is 2.75. The standard InChI is InChI=1S/C12H13ClN2O/c1-8-10(6-7-11(13)14-8)15-12(16)9-4-2-3-5-9/h2-3,6-7,9H,4-5H2,1H3,(H,15,16). The van der Waals surface area contributed by atoms with Gasteiger partial charge in [0.05, 0.1) is 11.4 Å². The Morgan fingerprint density at radius 1 is 1.44 bits per heavy atom. The zero-order valence-corrected chi connectivity index (χ0v) is 9.79. The van der Waals surface area contributed by atoms with Crippen molar-refractivity contribution in [1.82, 2.24) is 4.98 Å². The van der Waals surface area contributed by atoms with Gasteiger partial charge in [-0.05, 0) is 31.9 Å². The Balaban J connectivity index is 2.06. The number of carbonyl (C=O) groups excluding carboxylic acids is 1. The second-order valence-corrected chi connectivity index (χ2v) is 4.28. The van der Waals surface area contributed by atoms with Gasteiger partial charge in [-0.2, -0.15) is 0 Å². The number of amides is 1. The zero-order chi connectivity index (χ0) is 11.5. The smallest absolute Gasteiger partial charge is 0.228 e. The number of aryl methyl sites for hydroxylation is 1. The summed E-state index contributed by atoms with van der Waals surface area (Å²) in [4.78, 5) is 15.9.